The Morgan fingerprint density at radius 3 is 2.33 bits per heavy atom. The quantitative estimate of drug-likeness (QED) is 0.868. The molecule has 2 saturated carbocycles. The standard InChI is InChI=1S/C19H22N2O3/c1-11-6-7-12(10-15(11)21-16(22)8-9-17(21)23)20-19(24)18-13-4-2-3-5-14(13)18/h6-7,10,13-14,18H,2-5,8-9H2,1H3,(H,20,24)/t13-,14-/m1/s1. The number of anilines is 2. The van der Waals surface area contributed by atoms with E-state index in [-0.39, 0.29) is 36.5 Å². The Bertz CT molecular complexity index is 699. The lowest BCUT2D eigenvalue weighted by Crippen LogP contribution is -2.29. The van der Waals surface area contributed by atoms with E-state index in [0.717, 1.165) is 5.56 Å². The highest BCUT2D eigenvalue weighted by atomic mass is 16.2. The first-order valence-corrected chi connectivity index (χ1v) is 8.83. The maximum atomic E-state index is 12.5. The van der Waals surface area contributed by atoms with Crippen LogP contribution in [0.25, 0.3) is 0 Å². The molecule has 1 N–H and O–H groups in total. The molecule has 0 radical (unpaired) electrons. The maximum Gasteiger partial charge on any atom is 0.234 e. The molecule has 4 rings (SSSR count). The monoisotopic (exact) mass is 326 g/mol. The van der Waals surface area contributed by atoms with Crippen molar-refractivity contribution in [2.45, 2.75) is 45.4 Å². The number of hydrogen-bond acceptors (Lipinski definition) is 3. The molecule has 5 heteroatoms. The molecule has 1 aromatic carbocycles. The van der Waals surface area contributed by atoms with Crippen molar-refractivity contribution >= 4 is 29.1 Å². The second-order valence-electron chi connectivity index (χ2n) is 7.25. The number of fused-ring (bicyclic) bond motifs is 1. The summed E-state index contributed by atoms with van der Waals surface area (Å²) in [5.41, 5.74) is 2.11. The highest BCUT2D eigenvalue weighted by Crippen LogP contribution is 2.55. The number of imide groups is 1. The Kier molecular flexibility index (Phi) is 3.66. The van der Waals surface area contributed by atoms with Gasteiger partial charge in [-0.3, -0.25) is 19.3 Å². The van der Waals surface area contributed by atoms with Crippen LogP contribution in [-0.2, 0) is 14.4 Å². The van der Waals surface area contributed by atoms with Gasteiger partial charge in [0.1, 0.15) is 0 Å². The van der Waals surface area contributed by atoms with Crippen LogP contribution < -0.4 is 10.2 Å². The van der Waals surface area contributed by atoms with Gasteiger partial charge in [-0.2, -0.15) is 0 Å². The third-order valence-electron chi connectivity index (χ3n) is 5.73. The second kappa shape index (κ2) is 5.72. The molecule has 0 bridgehead atoms. The molecule has 1 heterocycles. The van der Waals surface area contributed by atoms with Gasteiger partial charge in [0.15, 0.2) is 0 Å². The lowest BCUT2D eigenvalue weighted by atomic mass is 10.0. The molecule has 2 aliphatic carbocycles. The number of nitrogens with zero attached hydrogens (tertiary/aromatic N) is 1. The van der Waals surface area contributed by atoms with E-state index in [1.54, 1.807) is 6.07 Å². The summed E-state index contributed by atoms with van der Waals surface area (Å²) >= 11 is 0. The summed E-state index contributed by atoms with van der Waals surface area (Å²) < 4.78 is 0. The molecule has 126 valence electrons. The smallest absolute Gasteiger partial charge is 0.234 e. The van der Waals surface area contributed by atoms with Crippen molar-refractivity contribution in [2.75, 3.05) is 10.2 Å². The van der Waals surface area contributed by atoms with Gasteiger partial charge in [0.25, 0.3) is 0 Å². The highest BCUT2D eigenvalue weighted by molar-refractivity contribution is 6.20. The molecule has 0 unspecified atom stereocenters. The van der Waals surface area contributed by atoms with E-state index >= 15 is 0 Å². The Balaban J connectivity index is 1.52. The van der Waals surface area contributed by atoms with E-state index in [1.807, 2.05) is 19.1 Å². The van der Waals surface area contributed by atoms with Gasteiger partial charge in [0.05, 0.1) is 5.69 Å². The molecule has 5 nitrogen and oxygen atoms in total. The fraction of sp³-hybridized carbons (Fsp3) is 0.526. The number of carbonyl (C=O) groups is 3. The second-order valence-corrected chi connectivity index (χ2v) is 7.25. The minimum Gasteiger partial charge on any atom is -0.326 e. The first kappa shape index (κ1) is 15.4. The van der Waals surface area contributed by atoms with E-state index in [9.17, 15) is 14.4 Å². The van der Waals surface area contributed by atoms with Crippen molar-refractivity contribution in [3.63, 3.8) is 0 Å². The van der Waals surface area contributed by atoms with Crippen LogP contribution in [0.2, 0.25) is 0 Å². The van der Waals surface area contributed by atoms with Gasteiger partial charge >= 0.3 is 0 Å². The zero-order valence-electron chi connectivity index (χ0n) is 13.9. The van der Waals surface area contributed by atoms with E-state index in [4.69, 9.17) is 0 Å². The molecule has 2 atom stereocenters. The third kappa shape index (κ3) is 2.52. The maximum absolute atomic E-state index is 12.5. The van der Waals surface area contributed by atoms with Crippen LogP contribution in [0.4, 0.5) is 11.4 Å². The molecule has 3 amide bonds. The average Bonchev–Trinajstić information content (AvgIpc) is 3.21. The van der Waals surface area contributed by atoms with Crippen molar-refractivity contribution in [1.29, 1.82) is 0 Å². The zero-order chi connectivity index (χ0) is 16.8. The Morgan fingerprint density at radius 2 is 1.71 bits per heavy atom. The van der Waals surface area contributed by atoms with Gasteiger partial charge in [-0.25, -0.2) is 0 Å². The van der Waals surface area contributed by atoms with Gasteiger partial charge in [0, 0.05) is 24.4 Å². The fourth-order valence-electron chi connectivity index (χ4n) is 4.38. The summed E-state index contributed by atoms with van der Waals surface area (Å²) in [5.74, 6) is 1.02. The van der Waals surface area contributed by atoms with Crippen LogP contribution in [0.15, 0.2) is 18.2 Å². The van der Waals surface area contributed by atoms with Crippen molar-refractivity contribution in [3.05, 3.63) is 23.8 Å². The van der Waals surface area contributed by atoms with Gasteiger partial charge in [-0.05, 0) is 49.3 Å². The first-order valence-electron chi connectivity index (χ1n) is 8.83. The van der Waals surface area contributed by atoms with Crippen LogP contribution in [0, 0.1) is 24.7 Å². The SMILES string of the molecule is Cc1ccc(NC(=O)C2[C@@H]3CCCC[C@@H]23)cc1N1C(=O)CCC1=O. The van der Waals surface area contributed by atoms with Crippen LogP contribution in [0.5, 0.6) is 0 Å². The summed E-state index contributed by atoms with van der Waals surface area (Å²) in [7, 11) is 0. The third-order valence-corrected chi connectivity index (χ3v) is 5.73. The summed E-state index contributed by atoms with van der Waals surface area (Å²) in [4.78, 5) is 37.7. The first-order chi connectivity index (χ1) is 11.6. The molecular weight excluding hydrogens is 304 g/mol. The van der Waals surface area contributed by atoms with Gasteiger partial charge in [0.2, 0.25) is 17.7 Å². The van der Waals surface area contributed by atoms with Crippen LogP contribution in [0.3, 0.4) is 0 Å². The molecule has 0 spiro atoms. The Morgan fingerprint density at radius 1 is 1.08 bits per heavy atom. The largest absolute Gasteiger partial charge is 0.326 e. The van der Waals surface area contributed by atoms with Crippen LogP contribution in [0.1, 0.15) is 44.1 Å². The van der Waals surface area contributed by atoms with E-state index in [2.05, 4.69) is 5.32 Å². The van der Waals surface area contributed by atoms with Crippen molar-refractivity contribution in [2.24, 2.45) is 17.8 Å². The minimum atomic E-state index is -0.167. The topological polar surface area (TPSA) is 66.5 Å². The lowest BCUT2D eigenvalue weighted by Gasteiger charge is -2.18. The summed E-state index contributed by atoms with van der Waals surface area (Å²) in [6.07, 6.45) is 5.33. The van der Waals surface area contributed by atoms with Crippen molar-refractivity contribution in [1.82, 2.24) is 0 Å². The van der Waals surface area contributed by atoms with Gasteiger partial charge in [-0.15, -0.1) is 0 Å². The molecule has 1 aliphatic heterocycles. The van der Waals surface area contributed by atoms with Crippen LogP contribution >= 0.6 is 0 Å². The number of benzene rings is 1. The molecule has 3 fully saturated rings. The normalized spacial score (nSPS) is 28.7. The minimum absolute atomic E-state index is 0.0841. The number of amides is 3. The Labute approximate surface area is 141 Å². The Hall–Kier alpha value is -2.17. The zero-order valence-corrected chi connectivity index (χ0v) is 13.9. The fourth-order valence-corrected chi connectivity index (χ4v) is 4.38. The lowest BCUT2D eigenvalue weighted by molar-refractivity contribution is -0.121. The molecular formula is C19H22N2O3. The highest BCUT2D eigenvalue weighted by Gasteiger charge is 2.54. The number of carbonyl (C=O) groups excluding carboxylic acids is 3. The van der Waals surface area contributed by atoms with Crippen molar-refractivity contribution in [3.8, 4) is 0 Å². The predicted molar refractivity (Wildman–Crippen MR) is 90.5 cm³/mol. The molecule has 24 heavy (non-hydrogen) atoms. The summed E-state index contributed by atoms with van der Waals surface area (Å²) in [6.45, 7) is 1.87. The molecule has 3 aliphatic rings. The van der Waals surface area contributed by atoms with E-state index in [1.165, 1.54) is 30.6 Å². The number of aryl methyl sites for hydroxylation is 1. The number of rotatable bonds is 3. The summed E-state index contributed by atoms with van der Waals surface area (Å²) in [6, 6.07) is 5.44. The molecule has 0 aromatic heterocycles. The van der Waals surface area contributed by atoms with Gasteiger partial charge in [-0.1, -0.05) is 18.9 Å². The van der Waals surface area contributed by atoms with Crippen molar-refractivity contribution < 1.29 is 14.4 Å². The van der Waals surface area contributed by atoms with Crippen LogP contribution in [-0.4, -0.2) is 17.7 Å². The predicted octanol–water partition coefficient (Wildman–Crippen LogP) is 3.02. The molecule has 1 saturated heterocycles. The van der Waals surface area contributed by atoms with E-state index < -0.39 is 0 Å². The number of hydrogen-bond donors (Lipinski definition) is 1. The molecule has 1 aromatic rings. The summed E-state index contributed by atoms with van der Waals surface area (Å²) in [5, 5.41) is 2.99. The average molecular weight is 326 g/mol. The van der Waals surface area contributed by atoms with E-state index in [0.29, 0.717) is 23.2 Å². The van der Waals surface area contributed by atoms with Gasteiger partial charge < -0.3 is 5.32 Å². The number of nitrogens with one attached hydrogen (secondary N) is 1.